The van der Waals surface area contributed by atoms with E-state index in [-0.39, 0.29) is 18.9 Å². The molecule has 0 bridgehead atoms. The molecule has 0 saturated heterocycles. The minimum absolute atomic E-state index is 0.0278. The topological polar surface area (TPSA) is 30.7 Å². The average molecular weight is 247 g/mol. The normalized spacial score (nSPS) is 31.6. The van der Waals surface area contributed by atoms with Crippen LogP contribution in [0, 0.1) is 5.92 Å². The number of nitrogens with zero attached hydrogens (tertiary/aromatic N) is 3. The molecule has 2 atom stereocenters. The summed E-state index contributed by atoms with van der Waals surface area (Å²) >= 11 is 0. The maximum Gasteiger partial charge on any atom is 0.285 e. The summed E-state index contributed by atoms with van der Waals surface area (Å²) in [6.45, 7) is 4.86. The van der Waals surface area contributed by atoms with E-state index in [1.165, 1.54) is 4.68 Å². The van der Waals surface area contributed by atoms with Gasteiger partial charge in [0.25, 0.3) is 5.92 Å². The maximum atomic E-state index is 13.5. The smallest absolute Gasteiger partial charge is 0.249 e. The zero-order valence-corrected chi connectivity index (χ0v) is 10.1. The zero-order valence-electron chi connectivity index (χ0n) is 10.1. The van der Waals surface area contributed by atoms with Gasteiger partial charge < -0.3 is 0 Å². The Morgan fingerprint density at radius 2 is 2.12 bits per heavy atom. The van der Waals surface area contributed by atoms with E-state index in [1.807, 2.05) is 13.8 Å². The van der Waals surface area contributed by atoms with Gasteiger partial charge >= 0.3 is 0 Å². The average Bonchev–Trinajstić information content (AvgIpc) is 2.64. The summed E-state index contributed by atoms with van der Waals surface area (Å²) in [4.78, 5) is 0. The van der Waals surface area contributed by atoms with Crippen LogP contribution in [0.5, 0.6) is 0 Å². The van der Waals surface area contributed by atoms with Crippen molar-refractivity contribution >= 4 is 0 Å². The molecule has 6 heteroatoms. The van der Waals surface area contributed by atoms with Crippen molar-refractivity contribution in [3.05, 3.63) is 11.9 Å². The zero-order chi connectivity index (χ0) is 12.8. The van der Waals surface area contributed by atoms with E-state index in [0.29, 0.717) is 0 Å². The van der Waals surface area contributed by atoms with E-state index in [2.05, 4.69) is 10.3 Å². The molecular weight excluding hydrogens is 231 g/mol. The number of hydrogen-bond acceptors (Lipinski definition) is 2. The molecule has 2 rings (SSSR count). The highest BCUT2D eigenvalue weighted by molar-refractivity contribution is 5.08. The quantitative estimate of drug-likeness (QED) is 0.822. The Kier molecular flexibility index (Phi) is 2.71. The van der Waals surface area contributed by atoms with Crippen molar-refractivity contribution in [3.63, 3.8) is 0 Å². The third kappa shape index (κ3) is 1.83. The standard InChI is InChI=1S/C11H16F3N3/c1-7(2)9-5-15-16-17(9)6-8-4-10(3,12)11(8,13)14/h5,7-8H,4,6H2,1-3H3. The molecule has 1 heterocycles. The highest BCUT2D eigenvalue weighted by atomic mass is 19.3. The van der Waals surface area contributed by atoms with Crippen LogP contribution in [-0.4, -0.2) is 26.6 Å². The highest BCUT2D eigenvalue weighted by Crippen LogP contribution is 2.54. The van der Waals surface area contributed by atoms with Crippen molar-refractivity contribution in [1.82, 2.24) is 15.0 Å². The lowest BCUT2D eigenvalue weighted by molar-refractivity contribution is -0.251. The fraction of sp³-hybridized carbons (Fsp3) is 0.818. The van der Waals surface area contributed by atoms with Crippen LogP contribution >= 0.6 is 0 Å². The van der Waals surface area contributed by atoms with Gasteiger partial charge in [0.05, 0.1) is 18.4 Å². The predicted molar refractivity (Wildman–Crippen MR) is 56.7 cm³/mol. The van der Waals surface area contributed by atoms with Crippen LogP contribution in [0.1, 0.15) is 38.8 Å². The molecule has 0 amide bonds. The molecule has 0 aromatic carbocycles. The summed E-state index contributed by atoms with van der Waals surface area (Å²) in [6.07, 6.45) is 1.44. The Labute approximate surface area is 98.0 Å². The minimum Gasteiger partial charge on any atom is -0.249 e. The third-order valence-electron chi connectivity index (χ3n) is 3.47. The molecule has 0 spiro atoms. The molecule has 1 aliphatic rings. The SMILES string of the molecule is CC(C)c1cnnn1CC1CC(C)(F)C1(F)F. The second-order valence-corrected chi connectivity index (χ2v) is 5.22. The van der Waals surface area contributed by atoms with Crippen LogP contribution in [-0.2, 0) is 6.54 Å². The fourth-order valence-corrected chi connectivity index (χ4v) is 2.26. The molecule has 17 heavy (non-hydrogen) atoms. The molecule has 1 aromatic rings. The molecule has 2 unspecified atom stereocenters. The van der Waals surface area contributed by atoms with Crippen molar-refractivity contribution in [2.24, 2.45) is 5.92 Å². The van der Waals surface area contributed by atoms with Crippen molar-refractivity contribution in [1.29, 1.82) is 0 Å². The van der Waals surface area contributed by atoms with E-state index in [0.717, 1.165) is 12.6 Å². The van der Waals surface area contributed by atoms with Gasteiger partial charge in [0, 0.05) is 5.92 Å². The van der Waals surface area contributed by atoms with Gasteiger partial charge in [-0.1, -0.05) is 19.1 Å². The molecule has 96 valence electrons. The fourth-order valence-electron chi connectivity index (χ4n) is 2.26. The van der Waals surface area contributed by atoms with E-state index in [1.54, 1.807) is 6.20 Å². The van der Waals surface area contributed by atoms with Crippen LogP contribution in [0.3, 0.4) is 0 Å². The molecule has 1 saturated carbocycles. The first-order valence-electron chi connectivity index (χ1n) is 5.71. The van der Waals surface area contributed by atoms with Crippen LogP contribution < -0.4 is 0 Å². The Bertz CT molecular complexity index is 412. The van der Waals surface area contributed by atoms with E-state index < -0.39 is 17.5 Å². The molecule has 1 aromatic heterocycles. The summed E-state index contributed by atoms with van der Waals surface area (Å²) < 4.78 is 41.7. The number of rotatable bonds is 3. The third-order valence-corrected chi connectivity index (χ3v) is 3.47. The lowest BCUT2D eigenvalue weighted by Crippen LogP contribution is -2.60. The Hall–Kier alpha value is -1.07. The van der Waals surface area contributed by atoms with E-state index >= 15 is 0 Å². The minimum atomic E-state index is -3.27. The van der Waals surface area contributed by atoms with Gasteiger partial charge in [-0.2, -0.15) is 0 Å². The summed E-state index contributed by atoms with van der Waals surface area (Å²) in [5.74, 6) is -4.10. The first-order valence-corrected chi connectivity index (χ1v) is 5.71. The number of alkyl halides is 3. The van der Waals surface area contributed by atoms with Crippen molar-refractivity contribution in [2.75, 3.05) is 0 Å². The second-order valence-electron chi connectivity index (χ2n) is 5.22. The molecule has 0 radical (unpaired) electrons. The van der Waals surface area contributed by atoms with Gasteiger partial charge in [0.1, 0.15) is 0 Å². The van der Waals surface area contributed by atoms with Gasteiger partial charge in [-0.05, 0) is 19.3 Å². The van der Waals surface area contributed by atoms with Crippen LogP contribution in [0.15, 0.2) is 6.20 Å². The van der Waals surface area contributed by atoms with Crippen molar-refractivity contribution in [2.45, 2.75) is 51.2 Å². The number of hydrogen-bond donors (Lipinski definition) is 0. The molecule has 0 N–H and O–H groups in total. The lowest BCUT2D eigenvalue weighted by atomic mass is 9.69. The summed E-state index contributed by atoms with van der Waals surface area (Å²) in [5, 5.41) is 7.50. The highest BCUT2D eigenvalue weighted by Gasteiger charge is 2.67. The Balaban J connectivity index is 2.11. The van der Waals surface area contributed by atoms with Gasteiger partial charge in [-0.3, -0.25) is 0 Å². The summed E-state index contributed by atoms with van der Waals surface area (Å²) in [6, 6.07) is 0. The van der Waals surface area contributed by atoms with E-state index in [9.17, 15) is 13.2 Å². The largest absolute Gasteiger partial charge is 0.285 e. The van der Waals surface area contributed by atoms with Crippen molar-refractivity contribution in [3.8, 4) is 0 Å². The van der Waals surface area contributed by atoms with Gasteiger partial charge in [-0.15, -0.1) is 5.10 Å². The maximum absolute atomic E-state index is 13.5. The Morgan fingerprint density at radius 3 is 2.59 bits per heavy atom. The molecule has 3 nitrogen and oxygen atoms in total. The summed E-state index contributed by atoms with van der Waals surface area (Å²) in [5.41, 5.74) is -1.58. The van der Waals surface area contributed by atoms with Gasteiger partial charge in [0.2, 0.25) is 0 Å². The monoisotopic (exact) mass is 247 g/mol. The van der Waals surface area contributed by atoms with E-state index in [4.69, 9.17) is 0 Å². The van der Waals surface area contributed by atoms with Crippen LogP contribution in [0.4, 0.5) is 13.2 Å². The Morgan fingerprint density at radius 1 is 1.47 bits per heavy atom. The molecule has 0 aliphatic heterocycles. The van der Waals surface area contributed by atoms with Crippen LogP contribution in [0.25, 0.3) is 0 Å². The van der Waals surface area contributed by atoms with Crippen LogP contribution in [0.2, 0.25) is 0 Å². The molecule has 1 fully saturated rings. The lowest BCUT2D eigenvalue weighted by Gasteiger charge is -2.47. The first kappa shape index (κ1) is 12.4. The molecular formula is C11H16F3N3. The summed E-state index contributed by atoms with van der Waals surface area (Å²) in [7, 11) is 0. The van der Waals surface area contributed by atoms with Crippen molar-refractivity contribution < 1.29 is 13.2 Å². The first-order chi connectivity index (χ1) is 7.75. The molecule has 1 aliphatic carbocycles. The van der Waals surface area contributed by atoms with Gasteiger partial charge in [-0.25, -0.2) is 17.9 Å². The van der Waals surface area contributed by atoms with Gasteiger partial charge in [0.15, 0.2) is 5.67 Å². The number of halogens is 3. The predicted octanol–water partition coefficient (Wildman–Crippen LogP) is 2.78. The second kappa shape index (κ2) is 3.71. The number of aromatic nitrogens is 3.